The van der Waals surface area contributed by atoms with E-state index >= 15 is 0 Å². The molecular weight excluding hydrogens is 460 g/mol. The fraction of sp³-hybridized carbons (Fsp3) is 0.167. The molecule has 0 N–H and O–H groups in total. The summed E-state index contributed by atoms with van der Waals surface area (Å²) < 4.78 is 37.4. The van der Waals surface area contributed by atoms with E-state index in [2.05, 4.69) is 25.9 Å². The highest BCUT2D eigenvalue weighted by Crippen LogP contribution is 2.26. The van der Waals surface area contributed by atoms with Gasteiger partial charge in [-0.1, -0.05) is 23.2 Å². The molecule has 0 fully saturated rings. The number of aryl methyl sites for hydroxylation is 2. The van der Waals surface area contributed by atoms with Gasteiger partial charge >= 0.3 is 0 Å². The lowest BCUT2D eigenvalue weighted by molar-refractivity contribution is 0.293. The number of ether oxygens (including phenoxy) is 1. The molecule has 0 spiro atoms. The van der Waals surface area contributed by atoms with Crippen LogP contribution >= 0.6 is 39.1 Å². The maximum atomic E-state index is 14.1. The highest BCUT2D eigenvalue weighted by atomic mass is 79.9. The zero-order valence-electron chi connectivity index (χ0n) is 16.1. The van der Waals surface area contributed by atoms with Gasteiger partial charge in [0.1, 0.15) is 33.4 Å². The molecule has 27 heavy (non-hydrogen) atoms. The van der Waals surface area contributed by atoms with Crippen molar-refractivity contribution in [2.24, 2.45) is 0 Å². The van der Waals surface area contributed by atoms with Crippen molar-refractivity contribution in [3.05, 3.63) is 78.4 Å². The molecule has 3 rings (SSSR count). The van der Waals surface area contributed by atoms with Crippen LogP contribution in [0, 0.1) is 19.7 Å². The molecule has 0 atom stereocenters. The van der Waals surface area contributed by atoms with Gasteiger partial charge in [0.15, 0.2) is 0 Å². The Morgan fingerprint density at radius 1 is 1.26 bits per heavy atom. The predicted molar refractivity (Wildman–Crippen MR) is 106 cm³/mol. The van der Waals surface area contributed by atoms with Crippen LogP contribution in [0.2, 0.25) is 10.0 Å². The predicted octanol–water partition coefficient (Wildman–Crippen LogP) is 5.03. The first kappa shape index (κ1) is 17.2. The molecule has 3 aromatic rings. The van der Waals surface area contributed by atoms with Crippen LogP contribution in [0.1, 0.15) is 19.7 Å². The van der Waals surface area contributed by atoms with E-state index < -0.39 is 23.6 Å². The summed E-state index contributed by atoms with van der Waals surface area (Å²) in [7, 11) is 0. The molecule has 0 aliphatic carbocycles. The van der Waals surface area contributed by atoms with Gasteiger partial charge in [0.25, 0.3) is 5.56 Å². The number of hydrogen-bond donors (Lipinski definition) is 0. The maximum absolute atomic E-state index is 14.1. The Bertz CT molecular complexity index is 1170. The van der Waals surface area contributed by atoms with Crippen LogP contribution in [0.15, 0.2) is 40.0 Å². The first-order valence-corrected chi connectivity index (χ1v) is 9.11. The first-order chi connectivity index (χ1) is 13.5. The monoisotopic (exact) mass is 473 g/mol. The second kappa shape index (κ2) is 7.96. The van der Waals surface area contributed by atoms with Crippen LogP contribution in [0.4, 0.5) is 4.39 Å². The fourth-order valence-corrected chi connectivity index (χ4v) is 3.02. The molecule has 3 heterocycles. The SMILES string of the molecule is [2H]C([2H])(Oc1cc(C)n(-c2cc(Br)ncc2C)c(=O)c1Cl)c1ncc(Cl)cc1F. The Hall–Kier alpha value is -1.96. The molecule has 0 saturated carbocycles. The smallest absolute Gasteiger partial charge is 0.277 e. The topological polar surface area (TPSA) is 57.0 Å². The number of aromatic nitrogens is 3. The van der Waals surface area contributed by atoms with Crippen molar-refractivity contribution in [3.63, 3.8) is 0 Å². The Balaban J connectivity index is 2.09. The minimum atomic E-state index is -2.70. The van der Waals surface area contributed by atoms with Crippen LogP contribution < -0.4 is 10.3 Å². The lowest BCUT2D eigenvalue weighted by Gasteiger charge is -2.16. The van der Waals surface area contributed by atoms with Gasteiger partial charge < -0.3 is 4.74 Å². The standard InChI is InChI=1S/C18H13BrCl2FN3O2/c1-9-6-24-16(19)5-14(9)25-10(2)3-15(17(21)18(25)26)27-8-13-12(22)4-11(20)7-23-13/h3-7H,8H2,1-2H3/i8D2. The molecule has 9 heteroatoms. The molecule has 3 aromatic heterocycles. The van der Waals surface area contributed by atoms with E-state index in [9.17, 15) is 9.18 Å². The van der Waals surface area contributed by atoms with Crippen LogP contribution in [0.25, 0.3) is 5.69 Å². The van der Waals surface area contributed by atoms with Crippen molar-refractivity contribution >= 4 is 39.1 Å². The van der Waals surface area contributed by atoms with Crippen LogP contribution in [-0.2, 0) is 6.56 Å². The number of rotatable bonds is 4. The summed E-state index contributed by atoms with van der Waals surface area (Å²) >= 11 is 15.1. The molecule has 0 saturated heterocycles. The van der Waals surface area contributed by atoms with Crippen LogP contribution in [0.3, 0.4) is 0 Å². The Kier molecular flexibility index (Phi) is 5.06. The van der Waals surface area contributed by atoms with E-state index in [1.807, 2.05) is 0 Å². The third kappa shape index (κ3) is 4.15. The zero-order chi connectivity index (χ0) is 21.5. The maximum Gasteiger partial charge on any atom is 0.277 e. The van der Waals surface area contributed by atoms with Gasteiger partial charge in [0.2, 0.25) is 0 Å². The van der Waals surface area contributed by atoms with Gasteiger partial charge in [-0.2, -0.15) is 0 Å². The van der Waals surface area contributed by atoms with Gasteiger partial charge in [-0.3, -0.25) is 14.3 Å². The summed E-state index contributed by atoms with van der Waals surface area (Å²) in [4.78, 5) is 20.7. The molecule has 0 unspecified atom stereocenters. The molecule has 5 nitrogen and oxygen atoms in total. The molecule has 140 valence electrons. The van der Waals surface area contributed by atoms with E-state index in [1.165, 1.54) is 10.6 Å². The van der Waals surface area contributed by atoms with Crippen molar-refractivity contribution in [1.29, 1.82) is 0 Å². The Morgan fingerprint density at radius 3 is 2.70 bits per heavy atom. The van der Waals surface area contributed by atoms with E-state index in [0.29, 0.717) is 16.0 Å². The second-order valence-electron chi connectivity index (χ2n) is 5.59. The zero-order valence-corrected chi connectivity index (χ0v) is 17.2. The number of nitrogens with zero attached hydrogens (tertiary/aromatic N) is 3. The summed E-state index contributed by atoms with van der Waals surface area (Å²) in [6.45, 7) is 0.723. The van der Waals surface area contributed by atoms with E-state index in [-0.39, 0.29) is 15.8 Å². The van der Waals surface area contributed by atoms with Crippen molar-refractivity contribution < 1.29 is 11.9 Å². The normalized spacial score (nSPS) is 12.5. The highest BCUT2D eigenvalue weighted by molar-refractivity contribution is 9.10. The molecule has 0 aliphatic heterocycles. The molecule has 0 radical (unpaired) electrons. The highest BCUT2D eigenvalue weighted by Gasteiger charge is 2.16. The number of pyridine rings is 3. The minimum Gasteiger partial charge on any atom is -0.485 e. The van der Waals surface area contributed by atoms with Gasteiger partial charge in [-0.05, 0) is 47.5 Å². The van der Waals surface area contributed by atoms with E-state index in [4.69, 9.17) is 30.7 Å². The third-order valence-electron chi connectivity index (χ3n) is 3.65. The molecule has 0 amide bonds. The van der Waals surface area contributed by atoms with E-state index in [1.54, 1.807) is 26.1 Å². The summed E-state index contributed by atoms with van der Waals surface area (Å²) in [6.07, 6.45) is 2.69. The largest absolute Gasteiger partial charge is 0.485 e. The Morgan fingerprint density at radius 2 is 2.00 bits per heavy atom. The van der Waals surface area contributed by atoms with Gasteiger partial charge in [0.05, 0.1) is 13.5 Å². The van der Waals surface area contributed by atoms with Crippen molar-refractivity contribution in [2.45, 2.75) is 20.4 Å². The summed E-state index contributed by atoms with van der Waals surface area (Å²) in [5, 5.41) is -0.349. The van der Waals surface area contributed by atoms with Crippen molar-refractivity contribution in [3.8, 4) is 11.4 Å². The van der Waals surface area contributed by atoms with Crippen LogP contribution in [-0.4, -0.2) is 14.5 Å². The lowest BCUT2D eigenvalue weighted by atomic mass is 10.2. The molecule has 0 aliphatic rings. The van der Waals surface area contributed by atoms with Gasteiger partial charge in [0, 0.05) is 24.2 Å². The first-order valence-electron chi connectivity index (χ1n) is 8.56. The average molecular weight is 475 g/mol. The average Bonchev–Trinajstić information content (AvgIpc) is 2.62. The molecule has 0 bridgehead atoms. The van der Waals surface area contributed by atoms with Gasteiger partial charge in [-0.15, -0.1) is 0 Å². The minimum absolute atomic E-state index is 0.0115. The second-order valence-corrected chi connectivity index (χ2v) is 7.21. The van der Waals surface area contributed by atoms with Crippen LogP contribution in [0.5, 0.6) is 5.75 Å². The number of halogens is 4. The summed E-state index contributed by atoms with van der Waals surface area (Å²) in [6, 6.07) is 3.97. The molecule has 0 aromatic carbocycles. The third-order valence-corrected chi connectivity index (χ3v) is 4.64. The Labute approximate surface area is 175 Å². The lowest BCUT2D eigenvalue weighted by Crippen LogP contribution is -2.22. The quantitative estimate of drug-likeness (QED) is 0.497. The van der Waals surface area contributed by atoms with E-state index in [0.717, 1.165) is 17.8 Å². The summed E-state index contributed by atoms with van der Waals surface area (Å²) in [5.41, 5.74) is 0.468. The molecular formula is C18H13BrCl2FN3O2. The van der Waals surface area contributed by atoms with Gasteiger partial charge in [-0.25, -0.2) is 9.37 Å². The van der Waals surface area contributed by atoms with Crippen molar-refractivity contribution in [1.82, 2.24) is 14.5 Å². The summed E-state index contributed by atoms with van der Waals surface area (Å²) in [5.74, 6) is -1.22. The number of hydrogen-bond acceptors (Lipinski definition) is 4. The van der Waals surface area contributed by atoms with Crippen molar-refractivity contribution in [2.75, 3.05) is 0 Å². The fourth-order valence-electron chi connectivity index (χ4n) is 2.38.